The predicted molar refractivity (Wildman–Crippen MR) is 72.0 cm³/mol. The van der Waals surface area contributed by atoms with E-state index in [2.05, 4.69) is 9.97 Å². The summed E-state index contributed by atoms with van der Waals surface area (Å²) in [6.45, 7) is 3.48. The molecular weight excluding hydrogens is 248 g/mol. The summed E-state index contributed by atoms with van der Waals surface area (Å²) >= 11 is 1.90. The van der Waals surface area contributed by atoms with E-state index in [4.69, 9.17) is 5.11 Å². The van der Waals surface area contributed by atoms with Crippen LogP contribution in [0.5, 0.6) is 0 Å². The van der Waals surface area contributed by atoms with E-state index in [1.807, 2.05) is 11.8 Å². The van der Waals surface area contributed by atoms with Crippen LogP contribution < -0.4 is 0 Å². The predicted octanol–water partition coefficient (Wildman–Crippen LogP) is 2.97. The number of aromatic nitrogens is 2. The second-order valence-electron chi connectivity index (χ2n) is 4.71. The van der Waals surface area contributed by atoms with Gasteiger partial charge in [0.05, 0.1) is 17.1 Å². The quantitative estimate of drug-likeness (QED) is 0.907. The Hall–Kier alpha value is -1.10. The summed E-state index contributed by atoms with van der Waals surface area (Å²) in [6, 6.07) is 0. The molecule has 0 unspecified atom stereocenters. The number of thioether (sulfide) groups is 1. The van der Waals surface area contributed by atoms with Gasteiger partial charge in [0.15, 0.2) is 0 Å². The lowest BCUT2D eigenvalue weighted by atomic mass is 10.2. The van der Waals surface area contributed by atoms with Gasteiger partial charge in [-0.05, 0) is 26.7 Å². The van der Waals surface area contributed by atoms with Gasteiger partial charge in [-0.1, -0.05) is 12.8 Å². The molecule has 18 heavy (non-hydrogen) atoms. The maximum Gasteiger partial charge on any atom is 0.339 e. The first-order valence-corrected chi connectivity index (χ1v) is 7.32. The molecule has 0 atom stereocenters. The molecule has 1 aliphatic carbocycles. The molecule has 1 heterocycles. The largest absolute Gasteiger partial charge is 0.478 e. The fourth-order valence-electron chi connectivity index (χ4n) is 2.41. The van der Waals surface area contributed by atoms with Crippen LogP contribution in [0.1, 0.15) is 53.3 Å². The third-order valence-corrected chi connectivity index (χ3v) is 4.65. The summed E-state index contributed by atoms with van der Waals surface area (Å²) in [4.78, 5) is 19.6. The fraction of sp³-hybridized carbons (Fsp3) is 0.615. The molecule has 0 amide bonds. The number of hydrogen-bond acceptors (Lipinski definition) is 4. The first-order valence-electron chi connectivity index (χ1n) is 6.27. The van der Waals surface area contributed by atoms with E-state index < -0.39 is 5.97 Å². The smallest absolute Gasteiger partial charge is 0.339 e. The Balaban J connectivity index is 2.07. The monoisotopic (exact) mass is 266 g/mol. The van der Waals surface area contributed by atoms with Crippen molar-refractivity contribution in [2.75, 3.05) is 0 Å². The average molecular weight is 266 g/mol. The number of carboxylic acid groups (broad SMARTS) is 1. The molecule has 1 aromatic heterocycles. The van der Waals surface area contributed by atoms with Crippen LogP contribution in [0, 0.1) is 13.8 Å². The second-order valence-corrected chi connectivity index (χ2v) is 6.00. The summed E-state index contributed by atoms with van der Waals surface area (Å²) in [6.07, 6.45) is 5.23. The summed E-state index contributed by atoms with van der Waals surface area (Å²) in [5.74, 6) is 0.596. The number of nitrogens with zero attached hydrogens (tertiary/aromatic N) is 2. The highest BCUT2D eigenvalue weighted by molar-refractivity contribution is 7.99. The van der Waals surface area contributed by atoms with Crippen molar-refractivity contribution >= 4 is 17.7 Å². The summed E-state index contributed by atoms with van der Waals surface area (Å²) in [7, 11) is 0. The molecule has 0 aliphatic heterocycles. The average Bonchev–Trinajstić information content (AvgIpc) is 2.77. The third-order valence-electron chi connectivity index (χ3n) is 3.28. The summed E-state index contributed by atoms with van der Waals surface area (Å²) in [5, 5.41) is 9.78. The molecule has 1 fully saturated rings. The van der Waals surface area contributed by atoms with Crippen molar-refractivity contribution in [2.45, 2.75) is 50.5 Å². The number of carboxylic acids is 1. The fourth-order valence-corrected chi connectivity index (χ4v) is 3.59. The maximum atomic E-state index is 11.0. The molecule has 5 heteroatoms. The first kappa shape index (κ1) is 13.3. The topological polar surface area (TPSA) is 63.1 Å². The van der Waals surface area contributed by atoms with Crippen LogP contribution in [0.15, 0.2) is 0 Å². The highest BCUT2D eigenvalue weighted by Crippen LogP contribution is 2.31. The van der Waals surface area contributed by atoms with E-state index in [0.717, 1.165) is 16.8 Å². The lowest BCUT2D eigenvalue weighted by molar-refractivity contribution is 0.0694. The second kappa shape index (κ2) is 5.69. The van der Waals surface area contributed by atoms with Crippen LogP contribution in [0.25, 0.3) is 0 Å². The lowest BCUT2D eigenvalue weighted by Gasteiger charge is -2.10. The molecule has 0 radical (unpaired) electrons. The molecule has 0 bridgehead atoms. The van der Waals surface area contributed by atoms with E-state index in [9.17, 15) is 4.79 Å². The minimum absolute atomic E-state index is 0.240. The zero-order valence-corrected chi connectivity index (χ0v) is 11.6. The Kier molecular flexibility index (Phi) is 4.22. The van der Waals surface area contributed by atoms with E-state index in [1.165, 1.54) is 25.7 Å². The highest BCUT2D eigenvalue weighted by atomic mass is 32.2. The minimum Gasteiger partial charge on any atom is -0.478 e. The van der Waals surface area contributed by atoms with E-state index in [1.54, 1.807) is 13.8 Å². The standard InChI is InChI=1S/C13H18N2O2S/c1-8-12(13(16)17)9(2)15-11(14-8)7-18-10-5-3-4-6-10/h10H,3-7H2,1-2H3,(H,16,17). The number of hydrogen-bond donors (Lipinski definition) is 1. The van der Waals surface area contributed by atoms with Crippen molar-refractivity contribution in [1.82, 2.24) is 9.97 Å². The Labute approximate surface area is 111 Å². The normalized spacial score (nSPS) is 16.1. The van der Waals surface area contributed by atoms with Crippen molar-refractivity contribution in [1.29, 1.82) is 0 Å². The summed E-state index contributed by atoms with van der Waals surface area (Å²) in [5.41, 5.74) is 1.37. The van der Waals surface area contributed by atoms with Crippen LogP contribution in [0.3, 0.4) is 0 Å². The minimum atomic E-state index is -0.944. The number of rotatable bonds is 4. The summed E-state index contributed by atoms with van der Waals surface area (Å²) < 4.78 is 0. The van der Waals surface area contributed by atoms with Crippen molar-refractivity contribution in [3.05, 3.63) is 22.8 Å². The van der Waals surface area contributed by atoms with Gasteiger partial charge in [0.1, 0.15) is 11.4 Å². The Morgan fingerprint density at radius 3 is 2.33 bits per heavy atom. The molecule has 0 aromatic carbocycles. The van der Waals surface area contributed by atoms with E-state index >= 15 is 0 Å². The van der Waals surface area contributed by atoms with Crippen molar-refractivity contribution in [2.24, 2.45) is 0 Å². The van der Waals surface area contributed by atoms with Gasteiger partial charge in [-0.25, -0.2) is 14.8 Å². The molecule has 1 N–H and O–H groups in total. The molecule has 1 aliphatic rings. The zero-order chi connectivity index (χ0) is 13.1. The Morgan fingerprint density at radius 2 is 1.83 bits per heavy atom. The van der Waals surface area contributed by atoms with Crippen LogP contribution in [-0.4, -0.2) is 26.3 Å². The lowest BCUT2D eigenvalue weighted by Crippen LogP contribution is -2.10. The van der Waals surface area contributed by atoms with E-state index in [0.29, 0.717) is 11.4 Å². The van der Waals surface area contributed by atoms with Gasteiger partial charge in [-0.3, -0.25) is 0 Å². The molecule has 0 saturated heterocycles. The Bertz CT molecular complexity index is 433. The molecule has 98 valence electrons. The van der Waals surface area contributed by atoms with Gasteiger partial charge in [0, 0.05) is 5.25 Å². The van der Waals surface area contributed by atoms with Crippen molar-refractivity contribution in [3.8, 4) is 0 Å². The number of aryl methyl sites for hydroxylation is 2. The van der Waals surface area contributed by atoms with Crippen molar-refractivity contribution in [3.63, 3.8) is 0 Å². The molecular formula is C13H18N2O2S. The molecule has 4 nitrogen and oxygen atoms in total. The number of aromatic carboxylic acids is 1. The van der Waals surface area contributed by atoms with Gasteiger partial charge in [0.25, 0.3) is 0 Å². The van der Waals surface area contributed by atoms with Gasteiger partial charge < -0.3 is 5.11 Å². The van der Waals surface area contributed by atoms with Gasteiger partial charge >= 0.3 is 5.97 Å². The van der Waals surface area contributed by atoms with Crippen LogP contribution in [-0.2, 0) is 5.75 Å². The third kappa shape index (κ3) is 3.02. The molecule has 1 aromatic rings. The SMILES string of the molecule is Cc1nc(CSC2CCCC2)nc(C)c1C(=O)O. The van der Waals surface area contributed by atoms with Gasteiger partial charge in [-0.15, -0.1) is 0 Å². The molecule has 2 rings (SSSR count). The highest BCUT2D eigenvalue weighted by Gasteiger charge is 2.18. The van der Waals surface area contributed by atoms with Gasteiger partial charge in [-0.2, -0.15) is 11.8 Å². The van der Waals surface area contributed by atoms with Crippen LogP contribution >= 0.6 is 11.8 Å². The molecule has 0 spiro atoms. The van der Waals surface area contributed by atoms with Crippen LogP contribution in [0.2, 0.25) is 0 Å². The molecule has 1 saturated carbocycles. The maximum absolute atomic E-state index is 11.0. The van der Waals surface area contributed by atoms with E-state index in [-0.39, 0.29) is 5.56 Å². The van der Waals surface area contributed by atoms with Gasteiger partial charge in [0.2, 0.25) is 0 Å². The van der Waals surface area contributed by atoms with Crippen LogP contribution in [0.4, 0.5) is 0 Å². The zero-order valence-electron chi connectivity index (χ0n) is 10.8. The van der Waals surface area contributed by atoms with Crippen molar-refractivity contribution < 1.29 is 9.90 Å². The number of carbonyl (C=O) groups is 1. The first-order chi connectivity index (χ1) is 8.58. The Morgan fingerprint density at radius 1 is 1.28 bits per heavy atom.